The van der Waals surface area contributed by atoms with Crippen molar-refractivity contribution in [1.82, 2.24) is 0 Å². The van der Waals surface area contributed by atoms with E-state index in [9.17, 15) is 9.59 Å². The number of rotatable bonds is 8. The monoisotopic (exact) mass is 546 g/mol. The van der Waals surface area contributed by atoms with Crippen LogP contribution in [0.3, 0.4) is 0 Å². The molecule has 0 radical (unpaired) electrons. The molecule has 0 aromatic heterocycles. The lowest BCUT2D eigenvalue weighted by molar-refractivity contribution is 0.0526. The molecule has 0 bridgehead atoms. The Bertz CT molecular complexity index is 1070. The highest BCUT2D eigenvalue weighted by Crippen LogP contribution is 2.30. The maximum Gasteiger partial charge on any atom is 0.347 e. The molecule has 0 heterocycles. The van der Waals surface area contributed by atoms with E-state index in [0.29, 0.717) is 34.4 Å². The second-order valence-electron chi connectivity index (χ2n) is 6.48. The van der Waals surface area contributed by atoms with Crippen LogP contribution in [0.25, 0.3) is 0 Å². The molecule has 7 heteroatoms. The van der Waals surface area contributed by atoms with Gasteiger partial charge in [-0.2, -0.15) is 0 Å². The summed E-state index contributed by atoms with van der Waals surface area (Å²) in [4.78, 5) is 24.7. The lowest BCUT2D eigenvalue weighted by Crippen LogP contribution is -2.13. The maximum absolute atomic E-state index is 12.9. The van der Waals surface area contributed by atoms with Crippen molar-refractivity contribution >= 4 is 43.8 Å². The fourth-order valence-electron chi connectivity index (χ4n) is 2.79. The molecule has 0 saturated carbocycles. The molecule has 0 unspecified atom stereocenters. The molecule has 3 rings (SSSR count). The minimum absolute atomic E-state index is 0.281. The summed E-state index contributed by atoms with van der Waals surface area (Å²) in [6, 6.07) is 19.8. The van der Waals surface area contributed by atoms with Crippen molar-refractivity contribution in [2.75, 3.05) is 13.2 Å². The van der Waals surface area contributed by atoms with E-state index in [2.05, 4.69) is 31.9 Å². The first kappa shape index (κ1) is 23.0. The Morgan fingerprint density at radius 2 is 1.61 bits per heavy atom. The summed E-state index contributed by atoms with van der Waals surface area (Å²) >= 11 is 6.73. The standard InChI is InChI=1S/C24H20Br2O5/c1-2-29-23(27)17-8-10-22(20(26)14-17)31-24(28)19-15-18(25)9-11-21(19)30-13-12-16-6-4-3-5-7-16/h3-11,14-15H,2,12-13H2,1H3. The zero-order valence-corrected chi connectivity index (χ0v) is 19.9. The number of benzene rings is 3. The van der Waals surface area contributed by atoms with Gasteiger partial charge < -0.3 is 14.2 Å². The Kier molecular flexibility index (Phi) is 8.26. The zero-order chi connectivity index (χ0) is 22.2. The van der Waals surface area contributed by atoms with Crippen LogP contribution in [0.5, 0.6) is 11.5 Å². The van der Waals surface area contributed by atoms with E-state index in [1.807, 2.05) is 30.3 Å². The molecule has 0 amide bonds. The van der Waals surface area contributed by atoms with Gasteiger partial charge in [0.25, 0.3) is 0 Å². The van der Waals surface area contributed by atoms with Crippen LogP contribution in [0.15, 0.2) is 75.7 Å². The normalized spacial score (nSPS) is 10.4. The molecule has 0 atom stereocenters. The molecule has 0 aliphatic heterocycles. The van der Waals surface area contributed by atoms with Gasteiger partial charge in [0.1, 0.15) is 17.1 Å². The first-order chi connectivity index (χ1) is 15.0. The number of hydrogen-bond donors (Lipinski definition) is 0. The Hall–Kier alpha value is -2.64. The van der Waals surface area contributed by atoms with Crippen molar-refractivity contribution in [3.8, 4) is 11.5 Å². The van der Waals surface area contributed by atoms with E-state index in [0.717, 1.165) is 10.0 Å². The summed E-state index contributed by atoms with van der Waals surface area (Å²) in [7, 11) is 0. The lowest BCUT2D eigenvalue weighted by atomic mass is 10.1. The van der Waals surface area contributed by atoms with Crippen LogP contribution in [0.2, 0.25) is 0 Å². The SMILES string of the molecule is CCOC(=O)c1ccc(OC(=O)c2cc(Br)ccc2OCCc2ccccc2)c(Br)c1. The number of halogens is 2. The Morgan fingerprint density at radius 3 is 2.32 bits per heavy atom. The maximum atomic E-state index is 12.9. The smallest absolute Gasteiger partial charge is 0.347 e. The highest BCUT2D eigenvalue weighted by Gasteiger charge is 2.18. The summed E-state index contributed by atoms with van der Waals surface area (Å²) in [6.07, 6.45) is 0.715. The van der Waals surface area contributed by atoms with E-state index in [1.165, 1.54) is 0 Å². The van der Waals surface area contributed by atoms with Crippen LogP contribution >= 0.6 is 31.9 Å². The second-order valence-corrected chi connectivity index (χ2v) is 8.25. The topological polar surface area (TPSA) is 61.8 Å². The molecule has 31 heavy (non-hydrogen) atoms. The summed E-state index contributed by atoms with van der Waals surface area (Å²) in [5.74, 6) is -0.292. The van der Waals surface area contributed by atoms with Gasteiger partial charge in [0.05, 0.1) is 23.2 Å². The largest absolute Gasteiger partial charge is 0.492 e. The molecule has 160 valence electrons. The molecule has 0 spiro atoms. The lowest BCUT2D eigenvalue weighted by Gasteiger charge is -2.13. The highest BCUT2D eigenvalue weighted by atomic mass is 79.9. The third-order valence-electron chi connectivity index (χ3n) is 4.30. The predicted molar refractivity (Wildman–Crippen MR) is 125 cm³/mol. The number of ether oxygens (including phenoxy) is 3. The first-order valence-corrected chi connectivity index (χ1v) is 11.2. The third kappa shape index (κ3) is 6.42. The van der Waals surface area contributed by atoms with Gasteiger partial charge in [-0.05, 0) is 64.8 Å². The Labute approximate surface area is 197 Å². The number of hydrogen-bond acceptors (Lipinski definition) is 5. The van der Waals surface area contributed by atoms with E-state index in [-0.39, 0.29) is 12.4 Å². The molecule has 0 aliphatic rings. The molecule has 0 aliphatic carbocycles. The van der Waals surface area contributed by atoms with Gasteiger partial charge in [0.2, 0.25) is 0 Å². The second kappa shape index (κ2) is 11.1. The quantitative estimate of drug-likeness (QED) is 0.247. The molecule has 3 aromatic rings. The van der Waals surface area contributed by atoms with Gasteiger partial charge in [-0.3, -0.25) is 0 Å². The Balaban J connectivity index is 1.72. The van der Waals surface area contributed by atoms with Crippen molar-refractivity contribution in [1.29, 1.82) is 0 Å². The average molecular weight is 548 g/mol. The van der Waals surface area contributed by atoms with Gasteiger partial charge >= 0.3 is 11.9 Å². The van der Waals surface area contributed by atoms with Crippen molar-refractivity contribution in [3.05, 3.63) is 92.4 Å². The first-order valence-electron chi connectivity index (χ1n) is 9.63. The fraction of sp³-hybridized carbons (Fsp3) is 0.167. The molecule has 3 aromatic carbocycles. The van der Waals surface area contributed by atoms with Crippen LogP contribution in [-0.4, -0.2) is 25.2 Å². The van der Waals surface area contributed by atoms with Crippen LogP contribution in [0.4, 0.5) is 0 Å². The van der Waals surface area contributed by atoms with Gasteiger partial charge in [0, 0.05) is 10.9 Å². The summed E-state index contributed by atoms with van der Waals surface area (Å²) < 4.78 is 17.6. The van der Waals surface area contributed by atoms with Crippen molar-refractivity contribution in [2.24, 2.45) is 0 Å². The van der Waals surface area contributed by atoms with Gasteiger partial charge in [-0.25, -0.2) is 9.59 Å². The minimum Gasteiger partial charge on any atom is -0.492 e. The van der Waals surface area contributed by atoms with E-state index >= 15 is 0 Å². The van der Waals surface area contributed by atoms with Crippen LogP contribution in [0.1, 0.15) is 33.2 Å². The minimum atomic E-state index is -0.569. The zero-order valence-electron chi connectivity index (χ0n) is 16.8. The molecular formula is C24H20Br2O5. The van der Waals surface area contributed by atoms with E-state index in [4.69, 9.17) is 14.2 Å². The molecule has 0 N–H and O–H groups in total. The summed E-state index contributed by atoms with van der Waals surface area (Å²) in [6.45, 7) is 2.44. The molecule has 5 nitrogen and oxygen atoms in total. The number of carbonyl (C=O) groups is 2. The number of esters is 2. The summed E-state index contributed by atoms with van der Waals surface area (Å²) in [5, 5.41) is 0. The van der Waals surface area contributed by atoms with Crippen molar-refractivity contribution < 1.29 is 23.8 Å². The third-order valence-corrected chi connectivity index (χ3v) is 5.41. The Morgan fingerprint density at radius 1 is 0.871 bits per heavy atom. The number of carbonyl (C=O) groups excluding carboxylic acids is 2. The molecule has 0 fully saturated rings. The summed E-state index contributed by atoms with van der Waals surface area (Å²) in [5.41, 5.74) is 1.80. The average Bonchev–Trinajstić information content (AvgIpc) is 2.77. The van der Waals surface area contributed by atoms with Gasteiger partial charge in [0.15, 0.2) is 0 Å². The predicted octanol–water partition coefficient (Wildman–Crippen LogP) is 6.23. The van der Waals surface area contributed by atoms with Crippen LogP contribution < -0.4 is 9.47 Å². The molecular weight excluding hydrogens is 528 g/mol. The van der Waals surface area contributed by atoms with Crippen LogP contribution in [-0.2, 0) is 11.2 Å². The van der Waals surface area contributed by atoms with E-state index < -0.39 is 11.9 Å². The molecule has 0 saturated heterocycles. The van der Waals surface area contributed by atoms with Gasteiger partial charge in [-0.15, -0.1) is 0 Å². The van der Waals surface area contributed by atoms with Crippen molar-refractivity contribution in [2.45, 2.75) is 13.3 Å². The highest BCUT2D eigenvalue weighted by molar-refractivity contribution is 9.10. The van der Waals surface area contributed by atoms with E-state index in [1.54, 1.807) is 43.3 Å². The van der Waals surface area contributed by atoms with Crippen LogP contribution in [0, 0.1) is 0 Å². The fourth-order valence-corrected chi connectivity index (χ4v) is 3.61. The van der Waals surface area contributed by atoms with Gasteiger partial charge in [-0.1, -0.05) is 46.3 Å². The van der Waals surface area contributed by atoms with Crippen molar-refractivity contribution in [3.63, 3.8) is 0 Å².